The minimum atomic E-state index is 0.480. The van der Waals surface area contributed by atoms with Gasteiger partial charge in [-0.2, -0.15) is 0 Å². The molecule has 5 heteroatoms. The molecule has 0 spiro atoms. The lowest BCUT2D eigenvalue weighted by atomic mass is 10.0. The SMILES string of the molecule is C#CCN1CCC(Nc2cnc(Cl)c(Br)c2)CC1. The molecule has 0 radical (unpaired) electrons. The summed E-state index contributed by atoms with van der Waals surface area (Å²) in [7, 11) is 0. The molecule has 2 rings (SSSR count). The number of hydrogen-bond donors (Lipinski definition) is 1. The fraction of sp³-hybridized carbons (Fsp3) is 0.462. The van der Waals surface area contributed by atoms with Gasteiger partial charge < -0.3 is 5.32 Å². The van der Waals surface area contributed by atoms with E-state index in [-0.39, 0.29) is 0 Å². The lowest BCUT2D eigenvalue weighted by Crippen LogP contribution is -2.39. The van der Waals surface area contributed by atoms with Gasteiger partial charge >= 0.3 is 0 Å². The molecule has 1 fully saturated rings. The molecule has 2 heterocycles. The molecule has 0 aromatic carbocycles. The van der Waals surface area contributed by atoms with E-state index in [0.717, 1.165) is 42.6 Å². The minimum Gasteiger partial charge on any atom is -0.381 e. The van der Waals surface area contributed by atoms with Crippen molar-refractivity contribution in [2.24, 2.45) is 0 Å². The van der Waals surface area contributed by atoms with E-state index in [4.69, 9.17) is 18.0 Å². The average molecular weight is 329 g/mol. The van der Waals surface area contributed by atoms with Crippen LogP contribution in [0.1, 0.15) is 12.8 Å². The van der Waals surface area contributed by atoms with E-state index < -0.39 is 0 Å². The first-order chi connectivity index (χ1) is 8.69. The summed E-state index contributed by atoms with van der Waals surface area (Å²) in [5.41, 5.74) is 1.00. The van der Waals surface area contributed by atoms with E-state index in [1.54, 1.807) is 6.20 Å². The van der Waals surface area contributed by atoms with Crippen molar-refractivity contribution >= 4 is 33.2 Å². The van der Waals surface area contributed by atoms with E-state index in [2.05, 4.69) is 37.1 Å². The van der Waals surface area contributed by atoms with Gasteiger partial charge in [0.05, 0.1) is 22.9 Å². The highest BCUT2D eigenvalue weighted by Gasteiger charge is 2.18. The van der Waals surface area contributed by atoms with Crippen LogP contribution in [0, 0.1) is 12.3 Å². The van der Waals surface area contributed by atoms with Crippen molar-refractivity contribution in [3.8, 4) is 12.3 Å². The fourth-order valence-electron chi connectivity index (χ4n) is 2.10. The van der Waals surface area contributed by atoms with Crippen molar-refractivity contribution in [2.75, 3.05) is 25.0 Å². The highest BCUT2D eigenvalue weighted by molar-refractivity contribution is 9.10. The summed E-state index contributed by atoms with van der Waals surface area (Å²) in [5, 5.41) is 3.97. The first-order valence-corrected chi connectivity index (χ1v) is 7.09. The molecule has 1 saturated heterocycles. The maximum atomic E-state index is 5.87. The molecule has 18 heavy (non-hydrogen) atoms. The highest BCUT2D eigenvalue weighted by atomic mass is 79.9. The van der Waals surface area contributed by atoms with Gasteiger partial charge in [-0.15, -0.1) is 6.42 Å². The van der Waals surface area contributed by atoms with E-state index >= 15 is 0 Å². The van der Waals surface area contributed by atoms with E-state index in [0.29, 0.717) is 11.2 Å². The molecule has 0 amide bonds. The normalized spacial score (nSPS) is 17.4. The van der Waals surface area contributed by atoms with Gasteiger partial charge in [0.25, 0.3) is 0 Å². The Morgan fingerprint density at radius 1 is 1.56 bits per heavy atom. The summed E-state index contributed by atoms with van der Waals surface area (Å²) in [6.07, 6.45) is 9.28. The Morgan fingerprint density at radius 2 is 2.28 bits per heavy atom. The van der Waals surface area contributed by atoms with Gasteiger partial charge in [-0.25, -0.2) is 4.98 Å². The number of rotatable bonds is 3. The second kappa shape index (κ2) is 6.42. The number of hydrogen-bond acceptors (Lipinski definition) is 3. The van der Waals surface area contributed by atoms with Crippen molar-refractivity contribution in [3.63, 3.8) is 0 Å². The standard InChI is InChI=1S/C13H15BrClN3/c1-2-5-18-6-3-10(4-7-18)17-11-8-12(14)13(15)16-9-11/h1,8-10,17H,3-7H2. The van der Waals surface area contributed by atoms with Crippen LogP contribution in [-0.4, -0.2) is 35.6 Å². The lowest BCUT2D eigenvalue weighted by Gasteiger charge is -2.31. The third kappa shape index (κ3) is 3.61. The summed E-state index contributed by atoms with van der Waals surface area (Å²) >= 11 is 9.24. The number of aromatic nitrogens is 1. The van der Waals surface area contributed by atoms with Crippen LogP contribution in [0.15, 0.2) is 16.7 Å². The molecule has 0 saturated carbocycles. The number of halogens is 2. The van der Waals surface area contributed by atoms with Gasteiger partial charge in [0, 0.05) is 19.1 Å². The molecule has 1 aromatic rings. The molecule has 96 valence electrons. The Kier molecular flexibility index (Phi) is 4.87. The van der Waals surface area contributed by atoms with Crippen LogP contribution in [0.3, 0.4) is 0 Å². The van der Waals surface area contributed by atoms with Gasteiger partial charge in [0.1, 0.15) is 5.15 Å². The van der Waals surface area contributed by atoms with Crippen LogP contribution < -0.4 is 5.32 Å². The van der Waals surface area contributed by atoms with Crippen LogP contribution in [0.2, 0.25) is 5.15 Å². The lowest BCUT2D eigenvalue weighted by molar-refractivity contribution is 0.243. The number of piperidine rings is 1. The predicted molar refractivity (Wildman–Crippen MR) is 78.9 cm³/mol. The Morgan fingerprint density at radius 3 is 2.89 bits per heavy atom. The number of terminal acetylenes is 1. The zero-order valence-electron chi connectivity index (χ0n) is 10.00. The Labute approximate surface area is 121 Å². The van der Waals surface area contributed by atoms with Crippen LogP contribution in [-0.2, 0) is 0 Å². The van der Waals surface area contributed by atoms with Crippen molar-refractivity contribution < 1.29 is 0 Å². The van der Waals surface area contributed by atoms with Gasteiger partial charge in [0.15, 0.2) is 0 Å². The van der Waals surface area contributed by atoms with Gasteiger partial charge in [-0.3, -0.25) is 4.90 Å². The highest BCUT2D eigenvalue weighted by Crippen LogP contribution is 2.24. The maximum absolute atomic E-state index is 5.87. The number of likely N-dealkylation sites (tertiary alicyclic amines) is 1. The molecule has 1 aromatic heterocycles. The van der Waals surface area contributed by atoms with Crippen molar-refractivity contribution in [1.29, 1.82) is 0 Å². The molecule has 1 aliphatic heterocycles. The predicted octanol–water partition coefficient (Wildman–Crippen LogP) is 3.01. The van der Waals surface area contributed by atoms with Crippen LogP contribution >= 0.6 is 27.5 Å². The summed E-state index contributed by atoms with van der Waals surface area (Å²) in [5.74, 6) is 2.69. The Hall–Kier alpha value is -0.760. The van der Waals surface area contributed by atoms with E-state index in [1.807, 2.05) is 6.07 Å². The van der Waals surface area contributed by atoms with Crippen molar-refractivity contribution in [2.45, 2.75) is 18.9 Å². The van der Waals surface area contributed by atoms with Crippen LogP contribution in [0.4, 0.5) is 5.69 Å². The number of nitrogens with one attached hydrogen (secondary N) is 1. The smallest absolute Gasteiger partial charge is 0.143 e. The average Bonchev–Trinajstić information content (AvgIpc) is 2.37. The fourth-order valence-corrected chi connectivity index (χ4v) is 2.55. The van der Waals surface area contributed by atoms with Gasteiger partial charge in [-0.05, 0) is 34.8 Å². The Bertz CT molecular complexity index is 450. The van der Waals surface area contributed by atoms with Crippen LogP contribution in [0.5, 0.6) is 0 Å². The molecule has 0 atom stereocenters. The Balaban J connectivity index is 1.88. The third-order valence-electron chi connectivity index (χ3n) is 3.07. The van der Waals surface area contributed by atoms with Crippen LogP contribution in [0.25, 0.3) is 0 Å². The first kappa shape index (κ1) is 13.7. The molecule has 1 N–H and O–H groups in total. The number of nitrogens with zero attached hydrogens (tertiary/aromatic N) is 2. The molecule has 0 bridgehead atoms. The summed E-state index contributed by atoms with van der Waals surface area (Å²) in [4.78, 5) is 6.41. The monoisotopic (exact) mass is 327 g/mol. The number of anilines is 1. The van der Waals surface area contributed by atoms with E-state index in [9.17, 15) is 0 Å². The zero-order chi connectivity index (χ0) is 13.0. The molecular weight excluding hydrogens is 314 g/mol. The summed E-state index contributed by atoms with van der Waals surface area (Å²) < 4.78 is 0.818. The second-order valence-corrected chi connectivity index (χ2v) is 5.61. The summed E-state index contributed by atoms with van der Waals surface area (Å²) in [6.45, 7) is 2.84. The number of pyridine rings is 1. The summed E-state index contributed by atoms with van der Waals surface area (Å²) in [6, 6.07) is 2.44. The van der Waals surface area contributed by atoms with Gasteiger partial charge in [0.2, 0.25) is 0 Å². The molecule has 3 nitrogen and oxygen atoms in total. The van der Waals surface area contributed by atoms with Crippen molar-refractivity contribution in [3.05, 3.63) is 21.9 Å². The molecule has 0 aliphatic carbocycles. The first-order valence-electron chi connectivity index (χ1n) is 5.92. The molecule has 1 aliphatic rings. The third-order valence-corrected chi connectivity index (χ3v) is 4.20. The van der Waals surface area contributed by atoms with Gasteiger partial charge in [-0.1, -0.05) is 17.5 Å². The maximum Gasteiger partial charge on any atom is 0.143 e. The quantitative estimate of drug-likeness (QED) is 0.683. The van der Waals surface area contributed by atoms with Crippen molar-refractivity contribution in [1.82, 2.24) is 9.88 Å². The molecular formula is C13H15BrClN3. The van der Waals surface area contributed by atoms with E-state index in [1.165, 1.54) is 0 Å². The minimum absolute atomic E-state index is 0.480. The largest absolute Gasteiger partial charge is 0.381 e. The molecule has 0 unspecified atom stereocenters. The topological polar surface area (TPSA) is 28.2 Å². The zero-order valence-corrected chi connectivity index (χ0v) is 12.3. The second-order valence-electron chi connectivity index (χ2n) is 4.40.